The summed E-state index contributed by atoms with van der Waals surface area (Å²) in [4.78, 5) is 18.3. The van der Waals surface area contributed by atoms with Crippen molar-refractivity contribution in [2.24, 2.45) is 0 Å². The van der Waals surface area contributed by atoms with Crippen LogP contribution in [0, 0.1) is 6.92 Å². The van der Waals surface area contributed by atoms with Crippen LogP contribution < -0.4 is 10.1 Å². The molecular formula is C18H20ClN3O2. The number of urea groups is 1. The van der Waals surface area contributed by atoms with Gasteiger partial charge in [0.05, 0.1) is 0 Å². The molecule has 0 bridgehead atoms. The van der Waals surface area contributed by atoms with Crippen LogP contribution in [0.1, 0.15) is 18.4 Å². The van der Waals surface area contributed by atoms with E-state index in [0.717, 1.165) is 24.1 Å². The molecule has 126 valence electrons. The summed E-state index contributed by atoms with van der Waals surface area (Å²) >= 11 is 6.07. The van der Waals surface area contributed by atoms with Crippen LogP contribution in [-0.4, -0.2) is 35.1 Å². The molecule has 0 spiro atoms. The van der Waals surface area contributed by atoms with Crippen LogP contribution in [0.4, 0.5) is 10.5 Å². The number of ether oxygens (including phenoxy) is 1. The predicted octanol–water partition coefficient (Wildman–Crippen LogP) is 4.12. The normalized spacial score (nSPS) is 15.2. The number of hydrogen-bond acceptors (Lipinski definition) is 3. The smallest absolute Gasteiger partial charge is 0.321 e. The molecule has 2 aromatic rings. The molecule has 3 rings (SSSR count). The van der Waals surface area contributed by atoms with Crippen molar-refractivity contribution < 1.29 is 9.53 Å². The topological polar surface area (TPSA) is 54.5 Å². The fourth-order valence-electron chi connectivity index (χ4n) is 2.70. The second-order valence-corrected chi connectivity index (χ2v) is 6.25. The number of carbonyl (C=O) groups excluding carboxylic acids is 1. The number of hydrogen-bond donors (Lipinski definition) is 1. The number of piperidine rings is 1. The number of nitrogens with one attached hydrogen (secondary N) is 1. The van der Waals surface area contributed by atoms with Crippen molar-refractivity contribution >= 4 is 23.3 Å². The molecule has 1 aromatic heterocycles. The fraction of sp³-hybridized carbons (Fsp3) is 0.333. The minimum Gasteiger partial charge on any atom is -0.473 e. The number of benzene rings is 1. The molecular weight excluding hydrogens is 326 g/mol. The SMILES string of the molecule is Cc1ccccc1NC(=O)N1CCC(Oc2ncccc2Cl)CC1. The number of aromatic nitrogens is 1. The first-order valence-corrected chi connectivity index (χ1v) is 8.40. The number of amides is 2. The van der Waals surface area contributed by atoms with E-state index in [0.29, 0.717) is 24.0 Å². The lowest BCUT2D eigenvalue weighted by Gasteiger charge is -2.32. The van der Waals surface area contributed by atoms with Gasteiger partial charge < -0.3 is 15.0 Å². The Hall–Kier alpha value is -2.27. The third-order valence-electron chi connectivity index (χ3n) is 4.12. The summed E-state index contributed by atoms with van der Waals surface area (Å²) in [6.45, 7) is 3.27. The Balaban J connectivity index is 1.52. The Kier molecular flexibility index (Phi) is 5.20. The van der Waals surface area contributed by atoms with Crippen LogP contribution in [0.3, 0.4) is 0 Å². The Bertz CT molecular complexity index is 715. The Labute approximate surface area is 146 Å². The van der Waals surface area contributed by atoms with Crippen LogP contribution in [0.5, 0.6) is 5.88 Å². The van der Waals surface area contributed by atoms with Gasteiger partial charge in [0, 0.05) is 37.8 Å². The molecule has 0 aliphatic carbocycles. The van der Waals surface area contributed by atoms with Crippen molar-refractivity contribution in [3.8, 4) is 5.88 Å². The zero-order valence-electron chi connectivity index (χ0n) is 13.5. The third kappa shape index (κ3) is 3.97. The van der Waals surface area contributed by atoms with Crippen molar-refractivity contribution in [2.75, 3.05) is 18.4 Å². The minimum absolute atomic E-state index is 0.0277. The van der Waals surface area contributed by atoms with E-state index < -0.39 is 0 Å². The summed E-state index contributed by atoms with van der Waals surface area (Å²) in [5.41, 5.74) is 1.90. The average molecular weight is 346 g/mol. The maximum Gasteiger partial charge on any atom is 0.321 e. The Morgan fingerprint density at radius 1 is 1.25 bits per heavy atom. The highest BCUT2D eigenvalue weighted by Gasteiger charge is 2.25. The second-order valence-electron chi connectivity index (χ2n) is 5.84. The van der Waals surface area contributed by atoms with Crippen molar-refractivity contribution in [1.29, 1.82) is 0 Å². The van der Waals surface area contributed by atoms with E-state index in [1.807, 2.05) is 36.1 Å². The number of pyridine rings is 1. The van der Waals surface area contributed by atoms with Crippen molar-refractivity contribution in [3.63, 3.8) is 0 Å². The number of anilines is 1. The molecule has 1 saturated heterocycles. The Morgan fingerprint density at radius 2 is 2.00 bits per heavy atom. The fourth-order valence-corrected chi connectivity index (χ4v) is 2.87. The molecule has 1 N–H and O–H groups in total. The summed E-state index contributed by atoms with van der Waals surface area (Å²) < 4.78 is 5.85. The Morgan fingerprint density at radius 3 is 2.71 bits per heavy atom. The van der Waals surface area contributed by atoms with E-state index in [-0.39, 0.29) is 12.1 Å². The summed E-state index contributed by atoms with van der Waals surface area (Å²) in [5, 5.41) is 3.48. The monoisotopic (exact) mass is 345 g/mol. The molecule has 0 atom stereocenters. The van der Waals surface area contributed by atoms with Crippen LogP contribution in [0.2, 0.25) is 5.02 Å². The molecule has 1 fully saturated rings. The van der Waals surface area contributed by atoms with Gasteiger partial charge in [-0.15, -0.1) is 0 Å². The van der Waals surface area contributed by atoms with Gasteiger partial charge in [0.2, 0.25) is 5.88 Å². The molecule has 2 heterocycles. The number of aryl methyl sites for hydroxylation is 1. The molecule has 1 aliphatic heterocycles. The summed E-state index contributed by atoms with van der Waals surface area (Å²) in [5.74, 6) is 0.460. The van der Waals surface area contributed by atoms with Crippen LogP contribution >= 0.6 is 11.6 Å². The first kappa shape index (κ1) is 16.6. The number of halogens is 1. The van der Waals surface area contributed by atoms with E-state index in [2.05, 4.69) is 10.3 Å². The largest absolute Gasteiger partial charge is 0.473 e. The van der Waals surface area contributed by atoms with Gasteiger partial charge in [-0.1, -0.05) is 29.8 Å². The maximum atomic E-state index is 12.4. The molecule has 5 nitrogen and oxygen atoms in total. The minimum atomic E-state index is -0.0707. The van der Waals surface area contributed by atoms with E-state index >= 15 is 0 Å². The molecule has 0 unspecified atom stereocenters. The van der Waals surface area contributed by atoms with Crippen molar-refractivity contribution in [1.82, 2.24) is 9.88 Å². The van der Waals surface area contributed by atoms with E-state index in [1.165, 1.54) is 0 Å². The molecule has 24 heavy (non-hydrogen) atoms. The molecule has 1 aliphatic rings. The van der Waals surface area contributed by atoms with Crippen LogP contribution in [0.15, 0.2) is 42.6 Å². The van der Waals surface area contributed by atoms with Crippen molar-refractivity contribution in [3.05, 3.63) is 53.2 Å². The lowest BCUT2D eigenvalue weighted by atomic mass is 10.1. The lowest BCUT2D eigenvalue weighted by molar-refractivity contribution is 0.111. The predicted molar refractivity (Wildman–Crippen MR) is 94.7 cm³/mol. The maximum absolute atomic E-state index is 12.4. The van der Waals surface area contributed by atoms with E-state index in [4.69, 9.17) is 16.3 Å². The van der Waals surface area contributed by atoms with Crippen molar-refractivity contribution in [2.45, 2.75) is 25.9 Å². The molecule has 2 amide bonds. The summed E-state index contributed by atoms with van der Waals surface area (Å²) in [6, 6.07) is 11.2. The molecule has 6 heteroatoms. The first-order chi connectivity index (χ1) is 11.6. The number of likely N-dealkylation sites (tertiary alicyclic amines) is 1. The number of rotatable bonds is 3. The standard InChI is InChI=1S/C18H20ClN3O2/c1-13-5-2-3-7-16(13)21-18(23)22-11-8-14(9-12-22)24-17-15(19)6-4-10-20-17/h2-7,10,14H,8-9,11-12H2,1H3,(H,21,23). The lowest BCUT2D eigenvalue weighted by Crippen LogP contribution is -2.43. The average Bonchev–Trinajstić information content (AvgIpc) is 2.59. The zero-order valence-corrected chi connectivity index (χ0v) is 14.3. The highest BCUT2D eigenvalue weighted by Crippen LogP contribution is 2.24. The van der Waals surface area contributed by atoms with E-state index in [9.17, 15) is 4.79 Å². The zero-order chi connectivity index (χ0) is 16.9. The highest BCUT2D eigenvalue weighted by molar-refractivity contribution is 6.31. The van der Waals surface area contributed by atoms with Crippen LogP contribution in [-0.2, 0) is 0 Å². The number of nitrogens with zero attached hydrogens (tertiary/aromatic N) is 2. The summed E-state index contributed by atoms with van der Waals surface area (Å²) in [6.07, 6.45) is 3.20. The van der Waals surface area contributed by atoms with Gasteiger partial charge >= 0.3 is 6.03 Å². The van der Waals surface area contributed by atoms with Gasteiger partial charge in [0.15, 0.2) is 0 Å². The van der Waals surface area contributed by atoms with E-state index in [1.54, 1.807) is 18.3 Å². The third-order valence-corrected chi connectivity index (χ3v) is 4.41. The molecule has 0 radical (unpaired) electrons. The van der Waals surface area contributed by atoms with Gasteiger partial charge in [-0.3, -0.25) is 0 Å². The van der Waals surface area contributed by atoms with Gasteiger partial charge in [0.25, 0.3) is 0 Å². The number of carbonyl (C=O) groups is 1. The van der Waals surface area contributed by atoms with Crippen LogP contribution in [0.25, 0.3) is 0 Å². The second kappa shape index (κ2) is 7.53. The first-order valence-electron chi connectivity index (χ1n) is 8.02. The number of para-hydroxylation sites is 1. The molecule has 0 saturated carbocycles. The van der Waals surface area contributed by atoms with Gasteiger partial charge in [-0.05, 0) is 30.7 Å². The van der Waals surface area contributed by atoms with Gasteiger partial charge in [0.1, 0.15) is 11.1 Å². The highest BCUT2D eigenvalue weighted by atomic mass is 35.5. The molecule has 1 aromatic carbocycles. The van der Waals surface area contributed by atoms with Gasteiger partial charge in [-0.25, -0.2) is 9.78 Å². The van der Waals surface area contributed by atoms with Gasteiger partial charge in [-0.2, -0.15) is 0 Å². The summed E-state index contributed by atoms with van der Waals surface area (Å²) in [7, 11) is 0. The quantitative estimate of drug-likeness (QED) is 0.910.